The first kappa shape index (κ1) is 13.9. The van der Waals surface area contributed by atoms with Gasteiger partial charge in [0.05, 0.1) is 5.60 Å². The quantitative estimate of drug-likeness (QED) is 0.785. The molecule has 0 fully saturated rings. The first-order valence-corrected chi connectivity index (χ1v) is 6.03. The Hall–Kier alpha value is -1.13. The highest BCUT2D eigenvalue weighted by Gasteiger charge is 2.18. The van der Waals surface area contributed by atoms with Gasteiger partial charge in [0, 0.05) is 25.8 Å². The van der Waals surface area contributed by atoms with Crippen LogP contribution in [0.3, 0.4) is 0 Å². The highest BCUT2D eigenvalue weighted by Crippen LogP contribution is 2.14. The number of likely N-dealkylation sites (N-methyl/N-ethyl adjacent to an activating group) is 1. The van der Waals surface area contributed by atoms with Gasteiger partial charge in [-0.25, -0.2) is 4.98 Å². The summed E-state index contributed by atoms with van der Waals surface area (Å²) in [6.07, 6.45) is 1.87. The number of nitrogens with zero attached hydrogens (tertiary/aromatic N) is 2. The Labute approximate surface area is 104 Å². The summed E-state index contributed by atoms with van der Waals surface area (Å²) in [4.78, 5) is 6.50. The van der Waals surface area contributed by atoms with Crippen molar-refractivity contribution >= 4 is 5.82 Å². The lowest BCUT2D eigenvalue weighted by Gasteiger charge is -2.29. The van der Waals surface area contributed by atoms with Gasteiger partial charge < -0.3 is 15.3 Å². The molecule has 0 amide bonds. The number of aromatic nitrogens is 1. The van der Waals surface area contributed by atoms with Crippen LogP contribution in [0.15, 0.2) is 18.3 Å². The minimum atomic E-state index is -0.707. The fourth-order valence-electron chi connectivity index (χ4n) is 1.73. The van der Waals surface area contributed by atoms with Gasteiger partial charge in [-0.3, -0.25) is 0 Å². The van der Waals surface area contributed by atoms with Crippen LogP contribution in [0.2, 0.25) is 0 Å². The van der Waals surface area contributed by atoms with Crippen molar-refractivity contribution in [1.29, 1.82) is 0 Å². The van der Waals surface area contributed by atoms with E-state index in [9.17, 15) is 5.11 Å². The molecule has 0 radical (unpaired) electrons. The van der Waals surface area contributed by atoms with Crippen molar-refractivity contribution in [3.63, 3.8) is 0 Å². The first-order chi connectivity index (χ1) is 7.96. The van der Waals surface area contributed by atoms with Crippen molar-refractivity contribution in [2.45, 2.75) is 32.9 Å². The van der Waals surface area contributed by atoms with E-state index in [2.05, 4.69) is 28.2 Å². The predicted molar refractivity (Wildman–Crippen MR) is 71.2 cm³/mol. The minimum Gasteiger partial charge on any atom is -0.389 e. The molecule has 0 bridgehead atoms. The minimum absolute atomic E-state index is 0.585. The maximum atomic E-state index is 9.84. The lowest BCUT2D eigenvalue weighted by Crippen LogP contribution is -2.39. The fraction of sp³-hybridized carbons (Fsp3) is 0.615. The average Bonchev–Trinajstić information content (AvgIpc) is 2.26. The van der Waals surface area contributed by atoms with Crippen LogP contribution >= 0.6 is 0 Å². The number of anilines is 1. The zero-order valence-corrected chi connectivity index (χ0v) is 11.2. The van der Waals surface area contributed by atoms with Crippen molar-refractivity contribution < 1.29 is 5.11 Å². The maximum Gasteiger partial charge on any atom is 0.128 e. The highest BCUT2D eigenvalue weighted by atomic mass is 16.3. The monoisotopic (exact) mass is 237 g/mol. The standard InChI is InChI=1S/C13H23N3O/c1-5-16(10-13(2,3)17)12-7-6-11(8-14-4)9-15-12/h6-7,9,14,17H,5,8,10H2,1-4H3. The molecule has 1 rings (SSSR count). The molecule has 0 aliphatic rings. The second-order valence-electron chi connectivity index (χ2n) is 4.88. The summed E-state index contributed by atoms with van der Waals surface area (Å²) in [5.41, 5.74) is 0.456. The number of hydrogen-bond acceptors (Lipinski definition) is 4. The topological polar surface area (TPSA) is 48.4 Å². The molecule has 1 heterocycles. The smallest absolute Gasteiger partial charge is 0.128 e. The molecule has 0 atom stereocenters. The second kappa shape index (κ2) is 5.98. The van der Waals surface area contributed by atoms with Gasteiger partial charge in [0.15, 0.2) is 0 Å². The lowest BCUT2D eigenvalue weighted by atomic mass is 10.1. The van der Waals surface area contributed by atoms with Gasteiger partial charge in [-0.05, 0) is 39.4 Å². The molecule has 0 saturated carbocycles. The summed E-state index contributed by atoms with van der Waals surface area (Å²) in [7, 11) is 1.92. The van der Waals surface area contributed by atoms with E-state index in [1.54, 1.807) is 0 Å². The number of nitrogens with one attached hydrogen (secondary N) is 1. The van der Waals surface area contributed by atoms with E-state index in [0.29, 0.717) is 6.54 Å². The van der Waals surface area contributed by atoms with E-state index in [1.807, 2.05) is 33.2 Å². The Bertz CT molecular complexity index is 330. The van der Waals surface area contributed by atoms with E-state index >= 15 is 0 Å². The summed E-state index contributed by atoms with van der Waals surface area (Å²) in [6.45, 7) is 7.93. The van der Waals surface area contributed by atoms with Crippen LogP contribution < -0.4 is 10.2 Å². The van der Waals surface area contributed by atoms with Crippen LogP contribution in [0, 0.1) is 0 Å². The highest BCUT2D eigenvalue weighted by molar-refractivity contribution is 5.39. The number of pyridine rings is 1. The van der Waals surface area contributed by atoms with E-state index in [4.69, 9.17) is 0 Å². The molecule has 0 aliphatic carbocycles. The Morgan fingerprint density at radius 1 is 1.41 bits per heavy atom. The Balaban J connectivity index is 2.75. The molecular formula is C13H23N3O. The first-order valence-electron chi connectivity index (χ1n) is 6.03. The molecule has 4 heteroatoms. The largest absolute Gasteiger partial charge is 0.389 e. The van der Waals surface area contributed by atoms with Crippen molar-refractivity contribution in [2.24, 2.45) is 0 Å². The summed E-state index contributed by atoms with van der Waals surface area (Å²) >= 11 is 0. The zero-order valence-electron chi connectivity index (χ0n) is 11.2. The Morgan fingerprint density at radius 2 is 2.12 bits per heavy atom. The third-order valence-corrected chi connectivity index (χ3v) is 2.47. The molecule has 1 aromatic heterocycles. The molecule has 0 unspecified atom stereocenters. The van der Waals surface area contributed by atoms with Gasteiger partial charge in [0.2, 0.25) is 0 Å². The third kappa shape index (κ3) is 4.71. The van der Waals surface area contributed by atoms with Gasteiger partial charge in [-0.2, -0.15) is 0 Å². The van der Waals surface area contributed by atoms with E-state index in [1.165, 1.54) is 0 Å². The molecular weight excluding hydrogens is 214 g/mol. The average molecular weight is 237 g/mol. The van der Waals surface area contributed by atoms with Crippen LogP contribution in [0.5, 0.6) is 0 Å². The van der Waals surface area contributed by atoms with Crippen molar-refractivity contribution in [2.75, 3.05) is 25.0 Å². The summed E-state index contributed by atoms with van der Waals surface area (Å²) in [6, 6.07) is 4.06. The fourth-order valence-corrected chi connectivity index (χ4v) is 1.73. The summed E-state index contributed by atoms with van der Waals surface area (Å²) in [5.74, 6) is 0.912. The van der Waals surface area contributed by atoms with Gasteiger partial charge in [0.1, 0.15) is 5.82 Å². The molecule has 0 spiro atoms. The molecule has 4 nitrogen and oxygen atoms in total. The van der Waals surface area contributed by atoms with E-state index in [-0.39, 0.29) is 0 Å². The Kier molecular flexibility index (Phi) is 4.90. The van der Waals surface area contributed by atoms with Crippen LogP contribution in [0.1, 0.15) is 26.3 Å². The number of hydrogen-bond donors (Lipinski definition) is 2. The second-order valence-corrected chi connectivity index (χ2v) is 4.88. The number of rotatable bonds is 6. The van der Waals surface area contributed by atoms with Crippen molar-refractivity contribution in [1.82, 2.24) is 10.3 Å². The molecule has 0 aliphatic heterocycles. The maximum absolute atomic E-state index is 9.84. The Morgan fingerprint density at radius 3 is 2.53 bits per heavy atom. The summed E-state index contributed by atoms with van der Waals surface area (Å²) in [5, 5.41) is 12.9. The molecule has 1 aromatic rings. The SMILES string of the molecule is CCN(CC(C)(C)O)c1ccc(CNC)cn1. The van der Waals surface area contributed by atoms with Crippen LogP contribution in [0.4, 0.5) is 5.82 Å². The zero-order chi connectivity index (χ0) is 12.9. The van der Waals surface area contributed by atoms with Gasteiger partial charge in [0.25, 0.3) is 0 Å². The molecule has 96 valence electrons. The molecule has 0 aromatic carbocycles. The normalized spacial score (nSPS) is 11.6. The van der Waals surface area contributed by atoms with E-state index < -0.39 is 5.60 Å². The van der Waals surface area contributed by atoms with Gasteiger partial charge in [-0.15, -0.1) is 0 Å². The summed E-state index contributed by atoms with van der Waals surface area (Å²) < 4.78 is 0. The predicted octanol–water partition coefficient (Wildman–Crippen LogP) is 1.40. The van der Waals surface area contributed by atoms with Crippen LogP contribution in [-0.4, -0.2) is 35.8 Å². The van der Waals surface area contributed by atoms with Crippen molar-refractivity contribution in [3.8, 4) is 0 Å². The molecule has 17 heavy (non-hydrogen) atoms. The molecule has 0 saturated heterocycles. The van der Waals surface area contributed by atoms with Crippen LogP contribution in [-0.2, 0) is 6.54 Å². The van der Waals surface area contributed by atoms with E-state index in [0.717, 1.165) is 24.5 Å². The van der Waals surface area contributed by atoms with Crippen LogP contribution in [0.25, 0.3) is 0 Å². The number of aliphatic hydroxyl groups is 1. The third-order valence-electron chi connectivity index (χ3n) is 2.47. The van der Waals surface area contributed by atoms with Crippen molar-refractivity contribution in [3.05, 3.63) is 23.9 Å². The van der Waals surface area contributed by atoms with Gasteiger partial charge in [-0.1, -0.05) is 6.07 Å². The lowest BCUT2D eigenvalue weighted by molar-refractivity contribution is 0.0874. The van der Waals surface area contributed by atoms with Gasteiger partial charge >= 0.3 is 0 Å². The molecule has 2 N–H and O–H groups in total.